The van der Waals surface area contributed by atoms with Crippen molar-refractivity contribution < 1.29 is 22.4 Å². The number of halogens is 3. The maximum atomic E-state index is 13.8. The van der Waals surface area contributed by atoms with E-state index in [2.05, 4.69) is 5.32 Å². The van der Waals surface area contributed by atoms with Gasteiger partial charge in [-0.25, -0.2) is 12.8 Å². The fourth-order valence-electron chi connectivity index (χ4n) is 3.90. The van der Waals surface area contributed by atoms with E-state index in [1.165, 1.54) is 17.0 Å². The molecule has 3 aromatic carbocycles. The number of nitrogens with one attached hydrogen (secondary N) is 1. The second kappa shape index (κ2) is 13.1. The number of carbonyl (C=O) groups excluding carboxylic acids is 2. The molecule has 1 N–H and O–H groups in total. The zero-order valence-corrected chi connectivity index (χ0v) is 23.2. The van der Waals surface area contributed by atoms with E-state index in [4.69, 9.17) is 23.2 Å². The predicted molar refractivity (Wildman–Crippen MR) is 148 cm³/mol. The summed E-state index contributed by atoms with van der Waals surface area (Å²) in [6, 6.07) is 17.9. The van der Waals surface area contributed by atoms with Crippen LogP contribution in [0.15, 0.2) is 72.8 Å². The van der Waals surface area contributed by atoms with Gasteiger partial charge >= 0.3 is 0 Å². The highest BCUT2D eigenvalue weighted by molar-refractivity contribution is 7.92. The van der Waals surface area contributed by atoms with Crippen LogP contribution in [0.2, 0.25) is 10.0 Å². The van der Waals surface area contributed by atoms with Crippen LogP contribution in [0, 0.1) is 5.82 Å². The quantitative estimate of drug-likeness (QED) is 0.357. The third-order valence-corrected chi connectivity index (χ3v) is 7.63. The van der Waals surface area contributed by atoms with E-state index < -0.39 is 40.2 Å². The monoisotopic (exact) mass is 579 g/mol. The third-order valence-electron chi connectivity index (χ3n) is 5.75. The second-order valence-corrected chi connectivity index (χ2v) is 11.3. The molecule has 0 radical (unpaired) electrons. The van der Waals surface area contributed by atoms with E-state index in [0.717, 1.165) is 28.3 Å². The summed E-state index contributed by atoms with van der Waals surface area (Å²) in [7, 11) is -3.94. The van der Waals surface area contributed by atoms with Gasteiger partial charge in [0.25, 0.3) is 0 Å². The van der Waals surface area contributed by atoms with Gasteiger partial charge in [-0.3, -0.25) is 13.9 Å². The van der Waals surface area contributed by atoms with Crippen molar-refractivity contribution in [1.29, 1.82) is 0 Å². The van der Waals surface area contributed by atoms with E-state index >= 15 is 0 Å². The first-order valence-electron chi connectivity index (χ1n) is 11.8. The lowest BCUT2D eigenvalue weighted by Gasteiger charge is -2.33. The summed E-state index contributed by atoms with van der Waals surface area (Å²) in [6.07, 6.45) is 1.15. The number of hydrogen-bond donors (Lipinski definition) is 1. The normalized spacial score (nSPS) is 12.0. The zero-order valence-electron chi connectivity index (χ0n) is 20.9. The Bertz CT molecular complexity index is 1370. The minimum atomic E-state index is -3.94. The number of rotatable bonds is 11. The van der Waals surface area contributed by atoms with Gasteiger partial charge in [0.2, 0.25) is 21.8 Å². The van der Waals surface area contributed by atoms with Gasteiger partial charge in [0.15, 0.2) is 0 Å². The van der Waals surface area contributed by atoms with Gasteiger partial charge in [0.1, 0.15) is 18.4 Å². The van der Waals surface area contributed by atoms with Crippen LogP contribution >= 0.6 is 23.2 Å². The van der Waals surface area contributed by atoms with Crippen LogP contribution in [-0.2, 0) is 32.6 Å². The van der Waals surface area contributed by atoms with Crippen molar-refractivity contribution in [1.82, 2.24) is 10.2 Å². The summed E-state index contributed by atoms with van der Waals surface area (Å²) in [5.74, 6) is -1.57. The Kier molecular flexibility index (Phi) is 10.1. The molecule has 2 amide bonds. The number of likely N-dealkylation sites (N-methyl/N-ethyl adjacent to an activating group) is 1. The van der Waals surface area contributed by atoms with E-state index in [0.29, 0.717) is 17.1 Å². The van der Waals surface area contributed by atoms with Crippen molar-refractivity contribution in [3.05, 3.63) is 99.8 Å². The van der Waals surface area contributed by atoms with Crippen molar-refractivity contribution in [2.24, 2.45) is 0 Å². The second-order valence-electron chi connectivity index (χ2n) is 8.62. The lowest BCUT2D eigenvalue weighted by atomic mass is 10.0. The molecule has 11 heteroatoms. The maximum absolute atomic E-state index is 13.8. The molecule has 3 aromatic rings. The smallest absolute Gasteiger partial charge is 0.244 e. The zero-order chi connectivity index (χ0) is 27.9. The SMILES string of the molecule is CCNC(=O)[C@H](Cc1ccccc1)N(Cc1ccc(Cl)c(Cl)c1)C(=O)CN(c1ccc(F)cc1)S(C)(=O)=O. The Labute approximate surface area is 232 Å². The molecule has 0 aromatic heterocycles. The standard InChI is InChI=1S/C27H28Cl2FN3O4S/c1-3-31-27(35)25(16-19-7-5-4-6-8-19)32(17-20-9-14-23(28)24(29)15-20)26(34)18-33(38(2,36)37)22-12-10-21(30)11-13-22/h4-15,25H,3,16-18H2,1-2H3,(H,31,35)/t25-/m0/s1. The molecule has 0 bridgehead atoms. The Morgan fingerprint density at radius 3 is 2.18 bits per heavy atom. The summed E-state index contributed by atoms with van der Waals surface area (Å²) in [5, 5.41) is 3.38. The summed E-state index contributed by atoms with van der Waals surface area (Å²) in [4.78, 5) is 28.4. The number of sulfonamides is 1. The fraction of sp³-hybridized carbons (Fsp3) is 0.259. The summed E-state index contributed by atoms with van der Waals surface area (Å²) in [6.45, 7) is 1.47. The maximum Gasteiger partial charge on any atom is 0.244 e. The van der Waals surface area contributed by atoms with Crippen LogP contribution < -0.4 is 9.62 Å². The first-order valence-corrected chi connectivity index (χ1v) is 14.4. The van der Waals surface area contributed by atoms with Crippen LogP contribution in [0.3, 0.4) is 0 Å². The van der Waals surface area contributed by atoms with Gasteiger partial charge in [0, 0.05) is 19.5 Å². The molecule has 0 aliphatic carbocycles. The lowest BCUT2D eigenvalue weighted by molar-refractivity contribution is -0.140. The average molecular weight is 581 g/mol. The van der Waals surface area contributed by atoms with E-state index in [1.807, 2.05) is 30.3 Å². The molecule has 0 saturated heterocycles. The van der Waals surface area contributed by atoms with Crippen molar-refractivity contribution in [3.8, 4) is 0 Å². The summed E-state index contributed by atoms with van der Waals surface area (Å²) in [5.41, 5.74) is 1.53. The Balaban J connectivity index is 2.05. The first-order chi connectivity index (χ1) is 18.0. The lowest BCUT2D eigenvalue weighted by Crippen LogP contribution is -2.53. The van der Waals surface area contributed by atoms with Gasteiger partial charge in [-0.2, -0.15) is 0 Å². The molecule has 3 rings (SSSR count). The average Bonchev–Trinajstić information content (AvgIpc) is 2.87. The van der Waals surface area contributed by atoms with Gasteiger partial charge < -0.3 is 10.2 Å². The third kappa shape index (κ3) is 7.93. The Morgan fingerprint density at radius 1 is 0.947 bits per heavy atom. The largest absolute Gasteiger partial charge is 0.355 e. The molecule has 0 spiro atoms. The predicted octanol–water partition coefficient (Wildman–Crippen LogP) is 4.67. The fourth-order valence-corrected chi connectivity index (χ4v) is 5.07. The van der Waals surface area contributed by atoms with Gasteiger partial charge in [-0.1, -0.05) is 59.6 Å². The number of carbonyl (C=O) groups is 2. The molecule has 1 atom stereocenters. The number of hydrogen-bond acceptors (Lipinski definition) is 4. The van der Waals surface area contributed by atoms with Crippen molar-refractivity contribution in [3.63, 3.8) is 0 Å². The van der Waals surface area contributed by atoms with Crippen LogP contribution in [0.5, 0.6) is 0 Å². The molecule has 0 unspecified atom stereocenters. The van der Waals surface area contributed by atoms with E-state index in [9.17, 15) is 22.4 Å². The van der Waals surface area contributed by atoms with Crippen molar-refractivity contribution in [2.45, 2.75) is 25.9 Å². The molecule has 0 aliphatic heterocycles. The Morgan fingerprint density at radius 2 is 1.61 bits per heavy atom. The van der Waals surface area contributed by atoms with Crippen molar-refractivity contribution >= 4 is 50.7 Å². The number of amides is 2. The number of nitrogens with zero attached hydrogens (tertiary/aromatic N) is 2. The number of anilines is 1. The molecule has 0 fully saturated rings. The molecular formula is C27H28Cl2FN3O4S. The molecule has 0 aliphatic rings. The van der Waals surface area contributed by atoms with Crippen LogP contribution in [0.1, 0.15) is 18.1 Å². The van der Waals surface area contributed by atoms with Crippen LogP contribution in [0.4, 0.5) is 10.1 Å². The molecule has 0 saturated carbocycles. The van der Waals surface area contributed by atoms with Gasteiger partial charge in [-0.15, -0.1) is 0 Å². The highest BCUT2D eigenvalue weighted by Crippen LogP contribution is 2.25. The van der Waals surface area contributed by atoms with E-state index in [-0.39, 0.29) is 23.7 Å². The minimum Gasteiger partial charge on any atom is -0.355 e. The highest BCUT2D eigenvalue weighted by Gasteiger charge is 2.33. The molecule has 38 heavy (non-hydrogen) atoms. The molecular weight excluding hydrogens is 552 g/mol. The molecule has 202 valence electrons. The molecule has 0 heterocycles. The summed E-state index contributed by atoms with van der Waals surface area (Å²) < 4.78 is 39.7. The number of benzene rings is 3. The van der Waals surface area contributed by atoms with E-state index in [1.54, 1.807) is 25.1 Å². The summed E-state index contributed by atoms with van der Waals surface area (Å²) >= 11 is 12.3. The van der Waals surface area contributed by atoms with Gasteiger partial charge in [-0.05, 0) is 54.4 Å². The van der Waals surface area contributed by atoms with Crippen LogP contribution in [0.25, 0.3) is 0 Å². The highest BCUT2D eigenvalue weighted by atomic mass is 35.5. The topological polar surface area (TPSA) is 86.8 Å². The van der Waals surface area contributed by atoms with Gasteiger partial charge in [0.05, 0.1) is 22.0 Å². The minimum absolute atomic E-state index is 0.0363. The Hall–Kier alpha value is -3.14. The molecule has 7 nitrogen and oxygen atoms in total. The van der Waals surface area contributed by atoms with Crippen LogP contribution in [-0.4, -0.2) is 50.5 Å². The first kappa shape index (κ1) is 29.4. The van der Waals surface area contributed by atoms with Crippen molar-refractivity contribution in [2.75, 3.05) is 23.7 Å².